The molecule has 0 bridgehead atoms. The van der Waals surface area contributed by atoms with Crippen LogP contribution in [0.2, 0.25) is 5.02 Å². The highest BCUT2D eigenvalue weighted by Crippen LogP contribution is 2.28. The molecule has 0 aromatic heterocycles. The maximum atomic E-state index is 6.14. The molecule has 2 rings (SSSR count). The van der Waals surface area contributed by atoms with E-state index in [0.717, 1.165) is 37.0 Å². The van der Waals surface area contributed by atoms with Crippen LogP contribution < -0.4 is 4.90 Å². The van der Waals surface area contributed by atoms with Gasteiger partial charge in [-0.2, -0.15) is 0 Å². The average molecular weight is 324 g/mol. The van der Waals surface area contributed by atoms with E-state index in [2.05, 4.69) is 33.6 Å². The third-order valence-corrected chi connectivity index (χ3v) is 3.25. The van der Waals surface area contributed by atoms with E-state index in [1.807, 2.05) is 12.1 Å². The predicted octanol–water partition coefficient (Wildman–Crippen LogP) is 2.78. The van der Waals surface area contributed by atoms with Crippen molar-refractivity contribution in [2.24, 2.45) is 0 Å². The summed E-state index contributed by atoms with van der Waals surface area (Å²) in [4.78, 5) is 2.27. The number of morpholine rings is 1. The van der Waals surface area contributed by atoms with E-state index in [9.17, 15) is 0 Å². The number of hydrogen-bond acceptors (Lipinski definition) is 2. The largest absolute Gasteiger partial charge is 0.378 e. The number of ether oxygens (including phenoxy) is 1. The monoisotopic (exact) mass is 323 g/mol. The summed E-state index contributed by atoms with van der Waals surface area (Å²) < 4.78 is 6.52. The molecule has 2 nitrogen and oxygen atoms in total. The van der Waals surface area contributed by atoms with E-state index in [1.54, 1.807) is 0 Å². The SMILES string of the molecule is Clc1ccc(I)cc1N1CCOCC1. The Kier molecular flexibility index (Phi) is 3.52. The van der Waals surface area contributed by atoms with Crippen molar-refractivity contribution in [3.05, 3.63) is 26.8 Å². The summed E-state index contributed by atoms with van der Waals surface area (Å²) in [6.07, 6.45) is 0. The van der Waals surface area contributed by atoms with E-state index in [-0.39, 0.29) is 0 Å². The van der Waals surface area contributed by atoms with Crippen molar-refractivity contribution in [1.82, 2.24) is 0 Å². The lowest BCUT2D eigenvalue weighted by Gasteiger charge is -2.29. The summed E-state index contributed by atoms with van der Waals surface area (Å²) in [5.74, 6) is 0. The standard InChI is InChI=1S/C10H11ClINO/c11-9-2-1-8(12)7-10(9)13-3-5-14-6-4-13/h1-2,7H,3-6H2. The summed E-state index contributed by atoms with van der Waals surface area (Å²) in [6.45, 7) is 3.45. The molecule has 1 aromatic rings. The molecule has 0 atom stereocenters. The second-order valence-electron chi connectivity index (χ2n) is 3.20. The second-order valence-corrected chi connectivity index (χ2v) is 4.85. The smallest absolute Gasteiger partial charge is 0.0642 e. The Balaban J connectivity index is 2.24. The zero-order valence-electron chi connectivity index (χ0n) is 7.67. The van der Waals surface area contributed by atoms with Crippen LogP contribution >= 0.6 is 34.2 Å². The van der Waals surface area contributed by atoms with E-state index in [0.29, 0.717) is 0 Å². The maximum Gasteiger partial charge on any atom is 0.0642 e. The molecule has 14 heavy (non-hydrogen) atoms. The fraction of sp³-hybridized carbons (Fsp3) is 0.400. The van der Waals surface area contributed by atoms with Gasteiger partial charge in [-0.15, -0.1) is 0 Å². The number of benzene rings is 1. The average Bonchev–Trinajstić information content (AvgIpc) is 2.23. The number of anilines is 1. The van der Waals surface area contributed by atoms with Crippen molar-refractivity contribution >= 4 is 39.9 Å². The fourth-order valence-corrected chi connectivity index (χ4v) is 2.24. The molecular formula is C10H11ClINO. The van der Waals surface area contributed by atoms with Crippen LogP contribution in [-0.4, -0.2) is 26.3 Å². The molecule has 0 saturated carbocycles. The van der Waals surface area contributed by atoms with Gasteiger partial charge in [-0.05, 0) is 40.8 Å². The van der Waals surface area contributed by atoms with Crippen LogP contribution in [0, 0.1) is 3.57 Å². The quantitative estimate of drug-likeness (QED) is 0.737. The van der Waals surface area contributed by atoms with Crippen molar-refractivity contribution in [2.75, 3.05) is 31.2 Å². The van der Waals surface area contributed by atoms with Gasteiger partial charge in [0.15, 0.2) is 0 Å². The van der Waals surface area contributed by atoms with Crippen molar-refractivity contribution in [3.63, 3.8) is 0 Å². The number of halogens is 2. The van der Waals surface area contributed by atoms with E-state index < -0.39 is 0 Å². The summed E-state index contributed by atoms with van der Waals surface area (Å²) in [5.41, 5.74) is 1.13. The van der Waals surface area contributed by atoms with Crippen molar-refractivity contribution in [2.45, 2.75) is 0 Å². The van der Waals surface area contributed by atoms with Crippen molar-refractivity contribution in [1.29, 1.82) is 0 Å². The first-order valence-electron chi connectivity index (χ1n) is 4.55. The van der Waals surface area contributed by atoms with Gasteiger partial charge in [-0.3, -0.25) is 0 Å². The normalized spacial score (nSPS) is 17.1. The van der Waals surface area contributed by atoms with Crippen LogP contribution in [0.25, 0.3) is 0 Å². The van der Waals surface area contributed by atoms with Gasteiger partial charge in [-0.1, -0.05) is 11.6 Å². The zero-order valence-corrected chi connectivity index (χ0v) is 10.6. The first-order chi connectivity index (χ1) is 6.77. The van der Waals surface area contributed by atoms with Gasteiger partial charge >= 0.3 is 0 Å². The molecule has 1 heterocycles. The van der Waals surface area contributed by atoms with E-state index in [1.165, 1.54) is 3.57 Å². The van der Waals surface area contributed by atoms with Gasteiger partial charge in [0.2, 0.25) is 0 Å². The molecule has 1 aromatic carbocycles. The maximum absolute atomic E-state index is 6.14. The van der Waals surface area contributed by atoms with E-state index >= 15 is 0 Å². The molecule has 4 heteroatoms. The summed E-state index contributed by atoms with van der Waals surface area (Å²) in [6, 6.07) is 6.09. The van der Waals surface area contributed by atoms with Gasteiger partial charge < -0.3 is 9.64 Å². The highest BCUT2D eigenvalue weighted by Gasteiger charge is 2.13. The zero-order chi connectivity index (χ0) is 9.97. The Hall–Kier alpha value is -0.0000000000000000763. The minimum absolute atomic E-state index is 0.793. The van der Waals surface area contributed by atoms with E-state index in [4.69, 9.17) is 16.3 Å². The molecule has 1 aliphatic heterocycles. The summed E-state index contributed by atoms with van der Waals surface area (Å²) in [5, 5.41) is 0.826. The topological polar surface area (TPSA) is 12.5 Å². The molecule has 1 aliphatic rings. The third kappa shape index (κ3) is 2.32. The molecule has 1 fully saturated rings. The Morgan fingerprint density at radius 2 is 2.00 bits per heavy atom. The Bertz CT molecular complexity index is 326. The lowest BCUT2D eigenvalue weighted by Crippen LogP contribution is -2.36. The lowest BCUT2D eigenvalue weighted by molar-refractivity contribution is 0.122. The summed E-state index contributed by atoms with van der Waals surface area (Å²) in [7, 11) is 0. The number of rotatable bonds is 1. The Morgan fingerprint density at radius 3 is 2.71 bits per heavy atom. The third-order valence-electron chi connectivity index (χ3n) is 2.26. The Labute approximate surface area is 102 Å². The van der Waals surface area contributed by atoms with Crippen LogP contribution in [0.3, 0.4) is 0 Å². The van der Waals surface area contributed by atoms with Crippen LogP contribution in [-0.2, 0) is 4.74 Å². The molecule has 0 spiro atoms. The minimum Gasteiger partial charge on any atom is -0.378 e. The van der Waals surface area contributed by atoms with Crippen LogP contribution in [0.5, 0.6) is 0 Å². The fourth-order valence-electron chi connectivity index (χ4n) is 1.53. The first-order valence-corrected chi connectivity index (χ1v) is 6.01. The predicted molar refractivity (Wildman–Crippen MR) is 67.2 cm³/mol. The molecule has 1 saturated heterocycles. The highest BCUT2D eigenvalue weighted by atomic mass is 127. The molecular weight excluding hydrogens is 312 g/mol. The number of hydrogen-bond donors (Lipinski definition) is 0. The van der Waals surface area contributed by atoms with Crippen LogP contribution in [0.4, 0.5) is 5.69 Å². The number of nitrogens with zero attached hydrogens (tertiary/aromatic N) is 1. The lowest BCUT2D eigenvalue weighted by atomic mass is 10.2. The molecule has 0 amide bonds. The van der Waals surface area contributed by atoms with Gasteiger partial charge in [0.05, 0.1) is 23.9 Å². The second kappa shape index (κ2) is 4.68. The van der Waals surface area contributed by atoms with Crippen LogP contribution in [0.1, 0.15) is 0 Å². The van der Waals surface area contributed by atoms with Gasteiger partial charge in [0.25, 0.3) is 0 Å². The molecule has 0 unspecified atom stereocenters. The molecule has 76 valence electrons. The van der Waals surface area contributed by atoms with Gasteiger partial charge in [0, 0.05) is 16.7 Å². The van der Waals surface area contributed by atoms with Crippen molar-refractivity contribution < 1.29 is 4.74 Å². The van der Waals surface area contributed by atoms with Crippen molar-refractivity contribution in [3.8, 4) is 0 Å². The highest BCUT2D eigenvalue weighted by molar-refractivity contribution is 14.1. The summed E-state index contributed by atoms with van der Waals surface area (Å²) >= 11 is 8.45. The van der Waals surface area contributed by atoms with Gasteiger partial charge in [-0.25, -0.2) is 0 Å². The minimum atomic E-state index is 0.793. The Morgan fingerprint density at radius 1 is 1.29 bits per heavy atom. The van der Waals surface area contributed by atoms with Gasteiger partial charge in [0.1, 0.15) is 0 Å². The molecule has 0 N–H and O–H groups in total. The molecule has 0 aliphatic carbocycles. The first kappa shape index (κ1) is 10.5. The molecule has 0 radical (unpaired) electrons. The van der Waals surface area contributed by atoms with Crippen LogP contribution in [0.15, 0.2) is 18.2 Å².